The summed E-state index contributed by atoms with van der Waals surface area (Å²) in [7, 11) is 0. The average molecular weight is 335 g/mol. The molecule has 3 aromatic rings. The van der Waals surface area contributed by atoms with Crippen molar-refractivity contribution in [2.75, 3.05) is 5.32 Å². The molecule has 2 aromatic carbocycles. The first-order valence-electron chi connectivity index (χ1n) is 8.03. The number of amides is 1. The quantitative estimate of drug-likeness (QED) is 0.642. The van der Waals surface area contributed by atoms with Crippen LogP contribution in [0.5, 0.6) is 11.5 Å². The Kier molecular flexibility index (Phi) is 3.65. The molecule has 0 saturated carbocycles. The van der Waals surface area contributed by atoms with Crippen molar-refractivity contribution in [1.29, 1.82) is 0 Å². The van der Waals surface area contributed by atoms with Crippen molar-refractivity contribution in [3.05, 3.63) is 71.4 Å². The minimum absolute atomic E-state index is 0.0973. The monoisotopic (exact) mass is 335 g/mol. The predicted molar refractivity (Wildman–Crippen MR) is 92.6 cm³/mol. The number of hydrogen-bond acceptors (Lipinski definition) is 4. The van der Waals surface area contributed by atoms with Crippen molar-refractivity contribution in [2.24, 2.45) is 0 Å². The summed E-state index contributed by atoms with van der Waals surface area (Å²) < 4.78 is 1.77. The van der Waals surface area contributed by atoms with Crippen LogP contribution in [0.15, 0.2) is 54.7 Å². The van der Waals surface area contributed by atoms with Crippen LogP contribution >= 0.6 is 0 Å². The molecular formula is C19H17N3O3. The van der Waals surface area contributed by atoms with Crippen molar-refractivity contribution >= 4 is 11.7 Å². The number of benzene rings is 2. The summed E-state index contributed by atoms with van der Waals surface area (Å²) in [4.78, 5) is 12.2. The first-order chi connectivity index (χ1) is 12.1. The van der Waals surface area contributed by atoms with E-state index in [0.29, 0.717) is 12.4 Å². The van der Waals surface area contributed by atoms with Gasteiger partial charge in [0.15, 0.2) is 11.5 Å². The molecule has 126 valence electrons. The van der Waals surface area contributed by atoms with Gasteiger partial charge in [0.1, 0.15) is 5.82 Å². The normalized spacial score (nSPS) is 16.3. The Morgan fingerprint density at radius 1 is 1.12 bits per heavy atom. The van der Waals surface area contributed by atoms with E-state index >= 15 is 0 Å². The van der Waals surface area contributed by atoms with Gasteiger partial charge in [-0.3, -0.25) is 4.79 Å². The van der Waals surface area contributed by atoms with Gasteiger partial charge in [-0.2, -0.15) is 5.10 Å². The predicted octanol–water partition coefficient (Wildman–Crippen LogP) is 2.82. The van der Waals surface area contributed by atoms with Crippen molar-refractivity contribution in [3.63, 3.8) is 0 Å². The van der Waals surface area contributed by atoms with Crippen LogP contribution < -0.4 is 5.32 Å². The average Bonchev–Trinajstić information content (AvgIpc) is 3.00. The molecule has 3 N–H and O–H groups in total. The first-order valence-corrected chi connectivity index (χ1v) is 8.03. The maximum absolute atomic E-state index is 12.2. The first kappa shape index (κ1) is 15.3. The van der Waals surface area contributed by atoms with Gasteiger partial charge < -0.3 is 15.5 Å². The Bertz CT molecular complexity index is 934. The Balaban J connectivity index is 1.72. The van der Waals surface area contributed by atoms with E-state index in [1.807, 2.05) is 30.3 Å². The second-order valence-electron chi connectivity index (χ2n) is 6.14. The smallest absolute Gasteiger partial charge is 0.226 e. The van der Waals surface area contributed by atoms with Gasteiger partial charge in [0.2, 0.25) is 5.91 Å². The van der Waals surface area contributed by atoms with Crippen LogP contribution in [0.3, 0.4) is 0 Å². The van der Waals surface area contributed by atoms with Gasteiger partial charge in [0.25, 0.3) is 0 Å². The molecule has 0 saturated heterocycles. The fourth-order valence-electron chi connectivity index (χ4n) is 3.20. The van der Waals surface area contributed by atoms with E-state index in [-0.39, 0.29) is 29.7 Å². The summed E-state index contributed by atoms with van der Waals surface area (Å²) in [6.45, 7) is 0.560. The Hall–Kier alpha value is -3.28. The van der Waals surface area contributed by atoms with Crippen LogP contribution in [-0.2, 0) is 11.3 Å². The second kappa shape index (κ2) is 5.98. The highest BCUT2D eigenvalue weighted by Crippen LogP contribution is 2.39. The minimum Gasteiger partial charge on any atom is -0.504 e. The number of rotatable bonds is 3. The minimum atomic E-state index is -0.209. The van der Waals surface area contributed by atoms with Gasteiger partial charge in [0, 0.05) is 17.9 Å². The molecule has 6 heteroatoms. The van der Waals surface area contributed by atoms with E-state index in [1.165, 1.54) is 12.1 Å². The van der Waals surface area contributed by atoms with Gasteiger partial charge in [-0.25, -0.2) is 4.68 Å². The topological polar surface area (TPSA) is 87.4 Å². The molecule has 0 fully saturated rings. The molecular weight excluding hydrogens is 318 g/mol. The zero-order valence-corrected chi connectivity index (χ0v) is 13.4. The van der Waals surface area contributed by atoms with Crippen LogP contribution in [0.1, 0.15) is 29.0 Å². The van der Waals surface area contributed by atoms with Crippen LogP contribution in [0.4, 0.5) is 5.82 Å². The summed E-state index contributed by atoms with van der Waals surface area (Å²) in [5.74, 6) is 0.00281. The van der Waals surface area contributed by atoms with Crippen LogP contribution in [-0.4, -0.2) is 25.9 Å². The molecule has 0 aliphatic carbocycles. The van der Waals surface area contributed by atoms with Gasteiger partial charge in [-0.15, -0.1) is 0 Å². The van der Waals surface area contributed by atoms with E-state index in [0.717, 1.165) is 16.7 Å². The molecule has 0 bridgehead atoms. The zero-order valence-electron chi connectivity index (χ0n) is 13.4. The van der Waals surface area contributed by atoms with Crippen molar-refractivity contribution in [2.45, 2.75) is 18.9 Å². The SMILES string of the molecule is O=C1CC(c2ccc(O)c(O)c2)c2cnn(Cc3ccccc3)c2N1. The molecule has 1 aromatic heterocycles. The lowest BCUT2D eigenvalue weighted by Gasteiger charge is -2.24. The number of phenolic OH excluding ortho intramolecular Hbond substituents is 2. The lowest BCUT2D eigenvalue weighted by atomic mass is 9.87. The van der Waals surface area contributed by atoms with Gasteiger partial charge in [0.05, 0.1) is 12.7 Å². The molecule has 6 nitrogen and oxygen atoms in total. The molecule has 1 aliphatic heterocycles. The maximum Gasteiger partial charge on any atom is 0.226 e. The third-order valence-corrected chi connectivity index (χ3v) is 4.47. The number of carbonyl (C=O) groups excluding carboxylic acids is 1. The van der Waals surface area contributed by atoms with E-state index in [4.69, 9.17) is 0 Å². The van der Waals surface area contributed by atoms with E-state index in [1.54, 1.807) is 16.9 Å². The number of aromatic nitrogens is 2. The Morgan fingerprint density at radius 2 is 1.92 bits per heavy atom. The molecule has 25 heavy (non-hydrogen) atoms. The van der Waals surface area contributed by atoms with Gasteiger partial charge in [-0.05, 0) is 23.3 Å². The molecule has 0 spiro atoms. The Labute approximate surface area is 144 Å². The van der Waals surface area contributed by atoms with Gasteiger partial charge in [-0.1, -0.05) is 36.4 Å². The highest BCUT2D eigenvalue weighted by Gasteiger charge is 2.30. The number of phenols is 2. The second-order valence-corrected chi connectivity index (χ2v) is 6.14. The van der Waals surface area contributed by atoms with Crippen LogP contribution in [0.25, 0.3) is 0 Å². The zero-order chi connectivity index (χ0) is 17.4. The number of carbonyl (C=O) groups is 1. The van der Waals surface area contributed by atoms with E-state index < -0.39 is 0 Å². The van der Waals surface area contributed by atoms with Crippen LogP contribution in [0.2, 0.25) is 0 Å². The highest BCUT2D eigenvalue weighted by molar-refractivity contribution is 5.94. The lowest BCUT2D eigenvalue weighted by molar-refractivity contribution is -0.116. The summed E-state index contributed by atoms with van der Waals surface area (Å²) in [5.41, 5.74) is 2.76. The third-order valence-electron chi connectivity index (χ3n) is 4.47. The van der Waals surface area contributed by atoms with Crippen molar-refractivity contribution < 1.29 is 15.0 Å². The number of nitrogens with zero attached hydrogens (tertiary/aromatic N) is 2. The molecule has 1 aliphatic rings. The lowest BCUT2D eigenvalue weighted by Crippen LogP contribution is -2.25. The van der Waals surface area contributed by atoms with Crippen LogP contribution in [0, 0.1) is 0 Å². The van der Waals surface area contributed by atoms with E-state index in [9.17, 15) is 15.0 Å². The maximum atomic E-state index is 12.2. The van der Waals surface area contributed by atoms with Crippen molar-refractivity contribution in [3.8, 4) is 11.5 Å². The fourth-order valence-corrected chi connectivity index (χ4v) is 3.20. The summed E-state index contributed by atoms with van der Waals surface area (Å²) in [5, 5.41) is 26.6. The highest BCUT2D eigenvalue weighted by atomic mass is 16.3. The van der Waals surface area contributed by atoms with Gasteiger partial charge >= 0.3 is 0 Å². The molecule has 1 amide bonds. The fraction of sp³-hybridized carbons (Fsp3) is 0.158. The summed E-state index contributed by atoms with van der Waals surface area (Å²) in [6.07, 6.45) is 2.03. The number of nitrogens with one attached hydrogen (secondary N) is 1. The number of anilines is 1. The molecule has 4 rings (SSSR count). The summed E-state index contributed by atoms with van der Waals surface area (Å²) in [6, 6.07) is 14.6. The largest absolute Gasteiger partial charge is 0.504 e. The number of fused-ring (bicyclic) bond motifs is 1. The molecule has 1 atom stereocenters. The van der Waals surface area contributed by atoms with Crippen molar-refractivity contribution in [1.82, 2.24) is 9.78 Å². The standard InChI is InChI=1S/C19H17N3O3/c23-16-7-6-13(8-17(16)24)14-9-18(25)21-19-15(14)10-20-22(19)11-12-4-2-1-3-5-12/h1-8,10,14,23-24H,9,11H2,(H,21,25). The molecule has 1 unspecified atom stereocenters. The third kappa shape index (κ3) is 2.82. The van der Waals surface area contributed by atoms with E-state index in [2.05, 4.69) is 10.4 Å². The number of aromatic hydroxyl groups is 2. The number of hydrogen-bond donors (Lipinski definition) is 3. The summed E-state index contributed by atoms with van der Waals surface area (Å²) >= 11 is 0. The Morgan fingerprint density at radius 3 is 2.68 bits per heavy atom. The molecule has 2 heterocycles. The molecule has 0 radical (unpaired) electrons.